The molecule has 0 amide bonds. The first kappa shape index (κ1) is 10.7. The largest absolute Gasteiger partial charge is 0.362 e. The van der Waals surface area contributed by atoms with Crippen LogP contribution in [-0.2, 0) is 0 Å². The van der Waals surface area contributed by atoms with Crippen LogP contribution in [0.4, 0.5) is 0 Å². The Hall–Kier alpha value is -2.44. The van der Waals surface area contributed by atoms with Gasteiger partial charge in [0.05, 0.1) is 0 Å². The summed E-state index contributed by atoms with van der Waals surface area (Å²) in [7, 11) is 0. The zero-order valence-corrected chi connectivity index (χ0v) is 9.82. The second-order valence-corrected chi connectivity index (χ2v) is 4.30. The Labute approximate surface area is 106 Å². The summed E-state index contributed by atoms with van der Waals surface area (Å²) in [4.78, 5) is 3.18. The van der Waals surface area contributed by atoms with E-state index in [4.69, 9.17) is 5.53 Å². The molecule has 2 aromatic rings. The van der Waals surface area contributed by atoms with Gasteiger partial charge in [-0.1, -0.05) is 60.7 Å². The lowest BCUT2D eigenvalue weighted by Gasteiger charge is -1.91. The van der Waals surface area contributed by atoms with Gasteiger partial charge in [0.2, 0.25) is 0 Å². The van der Waals surface area contributed by atoms with Crippen molar-refractivity contribution in [2.75, 3.05) is 0 Å². The van der Waals surface area contributed by atoms with E-state index in [2.05, 4.69) is 29.1 Å². The summed E-state index contributed by atoms with van der Waals surface area (Å²) in [5.74, 6) is 0.139. The maximum Gasteiger partial charge on any atom is 0.269 e. The van der Waals surface area contributed by atoms with Gasteiger partial charge in [-0.15, -0.1) is 0 Å². The molecule has 0 atom stereocenters. The highest BCUT2D eigenvalue weighted by molar-refractivity contribution is 6.19. The molecule has 0 unspecified atom stereocenters. The Morgan fingerprint density at radius 1 is 0.778 bits per heavy atom. The molecule has 0 bridgehead atoms. The highest BCUT2D eigenvalue weighted by atomic mass is 14.8. The molecule has 0 N–H and O–H groups in total. The zero-order chi connectivity index (χ0) is 12.4. The third-order valence-corrected chi connectivity index (χ3v) is 3.21. The Balaban J connectivity index is 2.05. The molecule has 1 aliphatic carbocycles. The van der Waals surface area contributed by atoms with Crippen LogP contribution in [0.25, 0.3) is 16.7 Å². The summed E-state index contributed by atoms with van der Waals surface area (Å²) < 4.78 is 0. The maximum atomic E-state index is 8.75. The monoisotopic (exact) mass is 232 g/mol. The van der Waals surface area contributed by atoms with Gasteiger partial charge >= 0.3 is 0 Å². The van der Waals surface area contributed by atoms with E-state index in [1.165, 1.54) is 22.3 Å². The van der Waals surface area contributed by atoms with E-state index < -0.39 is 0 Å². The molecule has 0 saturated carbocycles. The number of hydrogen-bond acceptors (Lipinski definition) is 0. The quantitative estimate of drug-likeness (QED) is 0.441. The molecule has 1 aliphatic rings. The van der Waals surface area contributed by atoms with Gasteiger partial charge in [-0.2, -0.15) is 4.79 Å². The van der Waals surface area contributed by atoms with Gasteiger partial charge in [-0.05, 0) is 22.3 Å². The third-order valence-electron chi connectivity index (χ3n) is 3.21. The van der Waals surface area contributed by atoms with E-state index in [1.54, 1.807) is 6.21 Å². The van der Waals surface area contributed by atoms with E-state index in [-0.39, 0.29) is 5.92 Å². The van der Waals surface area contributed by atoms with Crippen LogP contribution >= 0.6 is 0 Å². The molecular formula is C16H12N2. The SMILES string of the molecule is [N-]=[N+]=CC1C(c2ccccc2)=C1c1ccccc1. The van der Waals surface area contributed by atoms with Crippen LogP contribution in [0.15, 0.2) is 60.7 Å². The minimum absolute atomic E-state index is 0.139. The third kappa shape index (κ3) is 1.79. The van der Waals surface area contributed by atoms with Crippen molar-refractivity contribution in [2.24, 2.45) is 5.92 Å². The maximum absolute atomic E-state index is 8.75. The number of allylic oxidation sites excluding steroid dienone is 2. The molecule has 86 valence electrons. The van der Waals surface area contributed by atoms with Gasteiger partial charge in [0.15, 0.2) is 0 Å². The van der Waals surface area contributed by atoms with Crippen molar-refractivity contribution in [3.63, 3.8) is 0 Å². The van der Waals surface area contributed by atoms with Gasteiger partial charge in [-0.3, -0.25) is 0 Å². The van der Waals surface area contributed by atoms with Crippen LogP contribution in [-0.4, -0.2) is 11.0 Å². The fraction of sp³-hybridized carbons (Fsp3) is 0.0625. The van der Waals surface area contributed by atoms with Crippen molar-refractivity contribution in [1.29, 1.82) is 0 Å². The zero-order valence-electron chi connectivity index (χ0n) is 9.82. The molecule has 0 fully saturated rings. The van der Waals surface area contributed by atoms with Gasteiger partial charge in [-0.25, -0.2) is 0 Å². The normalized spacial score (nSPS) is 14.2. The van der Waals surface area contributed by atoms with Gasteiger partial charge in [0.1, 0.15) is 5.92 Å². The average Bonchev–Trinajstić information content (AvgIpc) is 3.15. The first-order valence-corrected chi connectivity index (χ1v) is 5.94. The predicted octanol–water partition coefficient (Wildman–Crippen LogP) is 3.53. The van der Waals surface area contributed by atoms with Crippen molar-refractivity contribution < 1.29 is 4.79 Å². The minimum Gasteiger partial charge on any atom is -0.362 e. The second-order valence-electron chi connectivity index (χ2n) is 4.30. The van der Waals surface area contributed by atoms with E-state index in [9.17, 15) is 0 Å². The Morgan fingerprint density at radius 2 is 1.22 bits per heavy atom. The average molecular weight is 232 g/mol. The number of nitrogens with zero attached hydrogens (tertiary/aromatic N) is 2. The Kier molecular flexibility index (Phi) is 2.64. The molecule has 2 heteroatoms. The number of benzene rings is 2. The van der Waals surface area contributed by atoms with Crippen LogP contribution in [0.5, 0.6) is 0 Å². The molecule has 0 aliphatic heterocycles. The van der Waals surface area contributed by atoms with E-state index in [0.29, 0.717) is 0 Å². The van der Waals surface area contributed by atoms with E-state index in [1.807, 2.05) is 36.4 Å². The summed E-state index contributed by atoms with van der Waals surface area (Å²) in [6, 6.07) is 20.5. The van der Waals surface area contributed by atoms with Gasteiger partial charge in [0.25, 0.3) is 6.21 Å². The van der Waals surface area contributed by atoms with Crippen LogP contribution < -0.4 is 0 Å². The number of hydrogen-bond donors (Lipinski definition) is 0. The van der Waals surface area contributed by atoms with Crippen LogP contribution in [0.3, 0.4) is 0 Å². The number of rotatable bonds is 3. The van der Waals surface area contributed by atoms with Crippen molar-refractivity contribution in [3.05, 3.63) is 77.3 Å². The smallest absolute Gasteiger partial charge is 0.269 e. The summed E-state index contributed by atoms with van der Waals surface area (Å²) in [6.45, 7) is 0. The predicted molar refractivity (Wildman–Crippen MR) is 72.9 cm³/mol. The molecule has 18 heavy (non-hydrogen) atoms. The summed E-state index contributed by atoms with van der Waals surface area (Å²) >= 11 is 0. The first-order valence-electron chi connectivity index (χ1n) is 5.94. The van der Waals surface area contributed by atoms with Gasteiger partial charge in [0, 0.05) is 0 Å². The topological polar surface area (TPSA) is 36.4 Å². The van der Waals surface area contributed by atoms with Crippen molar-refractivity contribution >= 4 is 17.4 Å². The van der Waals surface area contributed by atoms with Crippen LogP contribution in [0, 0.1) is 5.92 Å². The molecule has 0 saturated heterocycles. The fourth-order valence-corrected chi connectivity index (χ4v) is 2.36. The van der Waals surface area contributed by atoms with Crippen LogP contribution in [0.1, 0.15) is 11.1 Å². The van der Waals surface area contributed by atoms with Crippen molar-refractivity contribution in [3.8, 4) is 0 Å². The summed E-state index contributed by atoms with van der Waals surface area (Å²) in [6.07, 6.45) is 1.59. The standard InChI is InChI=1S/C16H12N2/c17-18-11-14-15(12-7-3-1-4-8-12)16(14)13-9-5-2-6-10-13/h1-11,14H. The van der Waals surface area contributed by atoms with Crippen molar-refractivity contribution in [2.45, 2.75) is 0 Å². The van der Waals surface area contributed by atoms with Crippen molar-refractivity contribution in [1.82, 2.24) is 0 Å². The summed E-state index contributed by atoms with van der Waals surface area (Å²) in [5, 5.41) is 0. The summed E-state index contributed by atoms with van der Waals surface area (Å²) in [5.41, 5.74) is 13.6. The minimum atomic E-state index is 0.139. The molecular weight excluding hydrogens is 220 g/mol. The molecule has 2 aromatic carbocycles. The lowest BCUT2D eigenvalue weighted by atomic mass is 10.1. The highest BCUT2D eigenvalue weighted by Crippen LogP contribution is 2.51. The Morgan fingerprint density at radius 3 is 1.61 bits per heavy atom. The second kappa shape index (κ2) is 4.44. The van der Waals surface area contributed by atoms with E-state index in [0.717, 1.165) is 0 Å². The Bertz CT molecular complexity index is 586. The highest BCUT2D eigenvalue weighted by Gasteiger charge is 2.40. The molecule has 0 aromatic heterocycles. The molecule has 0 radical (unpaired) electrons. The fourth-order valence-electron chi connectivity index (χ4n) is 2.36. The lowest BCUT2D eigenvalue weighted by Crippen LogP contribution is -1.86. The molecule has 2 nitrogen and oxygen atoms in total. The molecule has 3 rings (SSSR count). The molecule has 0 spiro atoms. The van der Waals surface area contributed by atoms with E-state index >= 15 is 0 Å². The molecule has 0 heterocycles. The first-order chi connectivity index (χ1) is 8.92. The van der Waals surface area contributed by atoms with Crippen LogP contribution in [0.2, 0.25) is 0 Å². The van der Waals surface area contributed by atoms with Gasteiger partial charge < -0.3 is 5.53 Å². The lowest BCUT2D eigenvalue weighted by molar-refractivity contribution is 0.000745.